The lowest BCUT2D eigenvalue weighted by Crippen LogP contribution is -2.22. The van der Waals surface area contributed by atoms with Gasteiger partial charge in [0, 0.05) is 24.2 Å². The van der Waals surface area contributed by atoms with Gasteiger partial charge in [0.2, 0.25) is 0 Å². The number of furan rings is 1. The Morgan fingerprint density at radius 2 is 1.71 bits per heavy atom. The summed E-state index contributed by atoms with van der Waals surface area (Å²) in [6.45, 7) is 0.181. The Morgan fingerprint density at radius 3 is 2.29 bits per heavy atom. The van der Waals surface area contributed by atoms with Gasteiger partial charge in [-0.05, 0) is 55.3 Å². The van der Waals surface area contributed by atoms with Crippen molar-refractivity contribution in [3.63, 3.8) is 0 Å². The van der Waals surface area contributed by atoms with Crippen LogP contribution in [0.3, 0.4) is 0 Å². The number of carboxylic acid groups (broad SMARTS) is 1. The average molecular weight is 489 g/mol. The molecule has 0 spiro atoms. The molecule has 0 amide bonds. The molecule has 1 fully saturated rings. The number of hydrogen-bond donors (Lipinski definition) is 1. The summed E-state index contributed by atoms with van der Waals surface area (Å²) in [4.78, 5) is 11.2. The predicted molar refractivity (Wildman–Crippen MR) is 123 cm³/mol. The number of benzene rings is 2. The van der Waals surface area contributed by atoms with Gasteiger partial charge in [0.25, 0.3) is 0 Å². The highest BCUT2D eigenvalue weighted by atomic mass is 19.4. The molecule has 1 unspecified atom stereocenters. The topological polar surface area (TPSA) is 68.9 Å². The van der Waals surface area contributed by atoms with E-state index in [1.165, 1.54) is 24.3 Å². The summed E-state index contributed by atoms with van der Waals surface area (Å²) in [6.07, 6.45) is 0.449. The highest BCUT2D eigenvalue weighted by molar-refractivity contribution is 5.87. The molecule has 186 valence electrons. The van der Waals surface area contributed by atoms with Gasteiger partial charge >= 0.3 is 12.1 Å². The molecule has 8 heteroatoms. The highest BCUT2D eigenvalue weighted by Crippen LogP contribution is 2.42. The maximum absolute atomic E-state index is 13.0. The molecule has 1 heterocycles. The van der Waals surface area contributed by atoms with Crippen LogP contribution in [-0.2, 0) is 17.5 Å². The molecule has 1 saturated carbocycles. The summed E-state index contributed by atoms with van der Waals surface area (Å²) in [5.41, 5.74) is 0.753. The summed E-state index contributed by atoms with van der Waals surface area (Å²) in [5, 5.41) is 9.18. The van der Waals surface area contributed by atoms with Crippen molar-refractivity contribution in [1.82, 2.24) is 0 Å². The molecule has 1 aliphatic carbocycles. The van der Waals surface area contributed by atoms with Crippen LogP contribution in [-0.4, -0.2) is 18.2 Å². The third-order valence-corrected chi connectivity index (χ3v) is 6.36. The fourth-order valence-corrected chi connectivity index (χ4v) is 4.57. The standard InChI is InChI=1S/C27H27F3O5/c1-33-16-24-22(15-23(35-24)17-7-11-20(12-8-17)27(28,29)30)25(18-5-3-2-4-6-18)34-21-13-9-19(10-14-21)26(31)32/h7-15,18,25H,2-6,16H2,1H3,(H,31,32). The highest BCUT2D eigenvalue weighted by Gasteiger charge is 2.32. The minimum absolute atomic E-state index is 0.166. The lowest BCUT2D eigenvalue weighted by Gasteiger charge is -2.30. The summed E-state index contributed by atoms with van der Waals surface area (Å²) in [7, 11) is 1.55. The molecule has 0 saturated heterocycles. The van der Waals surface area contributed by atoms with Gasteiger partial charge in [-0.15, -0.1) is 0 Å². The number of alkyl halides is 3. The number of hydrogen-bond acceptors (Lipinski definition) is 4. The number of methoxy groups -OCH3 is 1. The van der Waals surface area contributed by atoms with Crippen LogP contribution >= 0.6 is 0 Å². The number of halogens is 3. The van der Waals surface area contributed by atoms with Crippen LogP contribution in [0.2, 0.25) is 0 Å². The fraction of sp³-hybridized carbons (Fsp3) is 0.370. The Labute approximate surface area is 201 Å². The maximum atomic E-state index is 13.0. The van der Waals surface area contributed by atoms with E-state index in [0.29, 0.717) is 22.8 Å². The molecule has 0 radical (unpaired) electrons. The van der Waals surface area contributed by atoms with Gasteiger partial charge in [0.05, 0.1) is 11.1 Å². The van der Waals surface area contributed by atoms with Crippen LogP contribution < -0.4 is 4.74 Å². The Kier molecular flexibility index (Phi) is 7.50. The van der Waals surface area contributed by atoms with E-state index in [9.17, 15) is 23.1 Å². The number of carbonyl (C=O) groups is 1. The molecular weight excluding hydrogens is 461 g/mol. The van der Waals surface area contributed by atoms with E-state index < -0.39 is 17.7 Å². The molecule has 1 N–H and O–H groups in total. The van der Waals surface area contributed by atoms with E-state index in [-0.39, 0.29) is 24.2 Å². The zero-order valence-electron chi connectivity index (χ0n) is 19.3. The first-order valence-electron chi connectivity index (χ1n) is 11.6. The van der Waals surface area contributed by atoms with E-state index in [1.807, 2.05) is 6.07 Å². The van der Waals surface area contributed by atoms with Crippen molar-refractivity contribution in [2.75, 3.05) is 7.11 Å². The van der Waals surface area contributed by atoms with Gasteiger partial charge in [0.1, 0.15) is 30.0 Å². The van der Waals surface area contributed by atoms with Gasteiger partial charge in [-0.1, -0.05) is 31.4 Å². The number of carboxylic acids is 1. The SMILES string of the molecule is COCc1oc(-c2ccc(C(F)(F)F)cc2)cc1C(Oc1ccc(C(=O)O)cc1)C1CCCCC1. The zero-order chi connectivity index (χ0) is 25.0. The first kappa shape index (κ1) is 24.9. The first-order chi connectivity index (χ1) is 16.8. The molecule has 1 atom stereocenters. The molecule has 1 aromatic heterocycles. The van der Waals surface area contributed by atoms with Gasteiger partial charge in [-0.3, -0.25) is 0 Å². The quantitative estimate of drug-likeness (QED) is 0.355. The normalized spacial score (nSPS) is 15.7. The summed E-state index contributed by atoms with van der Waals surface area (Å²) >= 11 is 0. The van der Waals surface area contributed by atoms with Crippen molar-refractivity contribution in [3.8, 4) is 17.1 Å². The molecule has 35 heavy (non-hydrogen) atoms. The first-order valence-corrected chi connectivity index (χ1v) is 11.6. The second-order valence-electron chi connectivity index (χ2n) is 8.76. The van der Waals surface area contributed by atoms with E-state index in [1.54, 1.807) is 19.2 Å². The van der Waals surface area contributed by atoms with Crippen molar-refractivity contribution in [3.05, 3.63) is 77.0 Å². The minimum atomic E-state index is -4.41. The van der Waals surface area contributed by atoms with Crippen molar-refractivity contribution in [1.29, 1.82) is 0 Å². The van der Waals surface area contributed by atoms with E-state index in [2.05, 4.69) is 0 Å². The summed E-state index contributed by atoms with van der Waals surface area (Å²) in [6, 6.07) is 12.9. The third kappa shape index (κ3) is 5.88. The smallest absolute Gasteiger partial charge is 0.416 e. The van der Waals surface area contributed by atoms with Gasteiger partial charge in [0.15, 0.2) is 0 Å². The monoisotopic (exact) mass is 488 g/mol. The molecule has 4 rings (SSSR count). The summed E-state index contributed by atoms with van der Waals surface area (Å²) < 4.78 is 56.8. The maximum Gasteiger partial charge on any atom is 0.416 e. The lowest BCUT2D eigenvalue weighted by molar-refractivity contribution is -0.137. The van der Waals surface area contributed by atoms with Gasteiger partial charge in [-0.25, -0.2) is 4.79 Å². The molecule has 1 aliphatic rings. The molecular formula is C27H27F3O5. The van der Waals surface area contributed by atoms with Crippen molar-refractivity contribution >= 4 is 5.97 Å². The molecule has 2 aromatic carbocycles. The molecule has 0 aliphatic heterocycles. The molecule has 0 bridgehead atoms. The van der Waals surface area contributed by atoms with E-state index in [0.717, 1.165) is 49.8 Å². The Balaban J connectivity index is 1.69. The Hall–Kier alpha value is -3.26. The van der Waals surface area contributed by atoms with Gasteiger partial charge in [-0.2, -0.15) is 13.2 Å². The van der Waals surface area contributed by atoms with Crippen LogP contribution in [0.15, 0.2) is 59.0 Å². The molecule has 3 aromatic rings. The number of aromatic carboxylic acids is 1. The second-order valence-corrected chi connectivity index (χ2v) is 8.76. The predicted octanol–water partition coefficient (Wildman–Crippen LogP) is 7.51. The number of ether oxygens (including phenoxy) is 2. The fourth-order valence-electron chi connectivity index (χ4n) is 4.57. The lowest BCUT2D eigenvalue weighted by atomic mass is 9.82. The van der Waals surface area contributed by atoms with Crippen LogP contribution in [0.1, 0.15) is 65.5 Å². The minimum Gasteiger partial charge on any atom is -0.485 e. The van der Waals surface area contributed by atoms with Crippen molar-refractivity contribution in [2.45, 2.75) is 51.0 Å². The second kappa shape index (κ2) is 10.6. The van der Waals surface area contributed by atoms with Gasteiger partial charge < -0.3 is 19.0 Å². The largest absolute Gasteiger partial charge is 0.485 e. The number of rotatable bonds is 8. The van der Waals surface area contributed by atoms with Crippen LogP contribution in [0.25, 0.3) is 11.3 Å². The Morgan fingerprint density at radius 1 is 1.06 bits per heavy atom. The van der Waals surface area contributed by atoms with Crippen LogP contribution in [0.5, 0.6) is 5.75 Å². The zero-order valence-corrected chi connectivity index (χ0v) is 19.3. The van der Waals surface area contributed by atoms with Crippen molar-refractivity contribution in [2.24, 2.45) is 5.92 Å². The van der Waals surface area contributed by atoms with E-state index >= 15 is 0 Å². The average Bonchev–Trinajstić information content (AvgIpc) is 3.26. The van der Waals surface area contributed by atoms with Crippen LogP contribution in [0.4, 0.5) is 13.2 Å². The third-order valence-electron chi connectivity index (χ3n) is 6.36. The van der Waals surface area contributed by atoms with Crippen LogP contribution in [0, 0.1) is 5.92 Å². The summed E-state index contributed by atoms with van der Waals surface area (Å²) in [5.74, 6) is 0.716. The van der Waals surface area contributed by atoms with Crippen molar-refractivity contribution < 1.29 is 37.0 Å². The van der Waals surface area contributed by atoms with E-state index in [4.69, 9.17) is 13.9 Å². The molecule has 5 nitrogen and oxygen atoms in total. The Bertz CT molecular complexity index is 1130.